The molecule has 0 atom stereocenters. The second-order valence-electron chi connectivity index (χ2n) is 3.83. The average Bonchev–Trinajstić information content (AvgIpc) is 2.45. The molecule has 0 aliphatic heterocycles. The van der Waals surface area contributed by atoms with Gasteiger partial charge in [0.25, 0.3) is 0 Å². The predicted molar refractivity (Wildman–Crippen MR) is 71.5 cm³/mol. The molecule has 0 saturated carbocycles. The van der Waals surface area contributed by atoms with E-state index in [0.717, 1.165) is 11.3 Å². The number of methoxy groups -OCH3 is 1. The van der Waals surface area contributed by atoms with Crippen LogP contribution in [0.2, 0.25) is 0 Å². The van der Waals surface area contributed by atoms with Gasteiger partial charge >= 0.3 is 0 Å². The molecule has 2 aromatic carbocycles. The Hall–Kier alpha value is -2.47. The van der Waals surface area contributed by atoms with Gasteiger partial charge in [0.1, 0.15) is 11.8 Å². The lowest BCUT2D eigenvalue weighted by atomic mass is 10.1. The fraction of sp³-hybridized carbons (Fsp3) is 0.133. The topological polar surface area (TPSA) is 45.0 Å². The second-order valence-corrected chi connectivity index (χ2v) is 3.83. The Morgan fingerprint density at radius 1 is 1.11 bits per heavy atom. The maximum Gasteiger partial charge on any atom is 0.143 e. The van der Waals surface area contributed by atoms with E-state index in [9.17, 15) is 0 Å². The zero-order valence-corrected chi connectivity index (χ0v) is 10.2. The maximum atomic E-state index is 9.09. The first-order chi connectivity index (χ1) is 8.85. The van der Waals surface area contributed by atoms with Gasteiger partial charge in [-0.25, -0.2) is 0 Å². The molecule has 0 saturated heterocycles. The average molecular weight is 238 g/mol. The van der Waals surface area contributed by atoms with Gasteiger partial charge in [-0.3, -0.25) is 0 Å². The number of anilines is 1. The molecular formula is C15H14N2O. The molecule has 1 N–H and O–H groups in total. The summed E-state index contributed by atoms with van der Waals surface area (Å²) < 4.78 is 5.26. The molecule has 0 bridgehead atoms. The highest BCUT2D eigenvalue weighted by Crippen LogP contribution is 2.28. The second kappa shape index (κ2) is 5.74. The van der Waals surface area contributed by atoms with Gasteiger partial charge in [0.2, 0.25) is 0 Å². The normalized spacial score (nSPS) is 9.56. The van der Waals surface area contributed by atoms with Gasteiger partial charge in [0.15, 0.2) is 0 Å². The lowest BCUT2D eigenvalue weighted by Crippen LogP contribution is -2.03. The van der Waals surface area contributed by atoms with Crippen LogP contribution in [-0.4, -0.2) is 7.11 Å². The first kappa shape index (κ1) is 12.0. The van der Waals surface area contributed by atoms with Crippen LogP contribution < -0.4 is 10.1 Å². The van der Waals surface area contributed by atoms with Crippen LogP contribution in [0.1, 0.15) is 11.1 Å². The number of nitriles is 1. The lowest BCUT2D eigenvalue weighted by molar-refractivity contribution is 0.416. The third-order valence-corrected chi connectivity index (χ3v) is 2.68. The third kappa shape index (κ3) is 2.61. The van der Waals surface area contributed by atoms with Gasteiger partial charge in [-0.1, -0.05) is 36.4 Å². The molecule has 0 unspecified atom stereocenters. The summed E-state index contributed by atoms with van der Waals surface area (Å²) in [6, 6.07) is 17.6. The minimum atomic E-state index is 0.588. The van der Waals surface area contributed by atoms with Gasteiger partial charge in [-0.15, -0.1) is 0 Å². The van der Waals surface area contributed by atoms with Gasteiger partial charge in [-0.2, -0.15) is 5.26 Å². The standard InChI is InChI=1S/C15H14N2O/c1-18-14-9-5-8-13(10-16)15(14)17-11-12-6-3-2-4-7-12/h2-9,17H,11H2,1H3. The molecule has 3 heteroatoms. The molecule has 18 heavy (non-hydrogen) atoms. The highest BCUT2D eigenvalue weighted by Gasteiger charge is 2.07. The highest BCUT2D eigenvalue weighted by molar-refractivity contribution is 5.66. The summed E-state index contributed by atoms with van der Waals surface area (Å²) >= 11 is 0. The molecule has 0 spiro atoms. The Balaban J connectivity index is 2.21. The van der Waals surface area contributed by atoms with Gasteiger partial charge in [0.05, 0.1) is 18.4 Å². The van der Waals surface area contributed by atoms with Crippen LogP contribution in [0, 0.1) is 11.3 Å². The van der Waals surface area contributed by atoms with Crippen molar-refractivity contribution in [2.24, 2.45) is 0 Å². The summed E-state index contributed by atoms with van der Waals surface area (Å²) in [5.74, 6) is 0.685. The van der Waals surface area contributed by atoms with E-state index in [2.05, 4.69) is 11.4 Å². The number of nitrogens with one attached hydrogen (secondary N) is 1. The van der Waals surface area contributed by atoms with Crippen LogP contribution in [0.25, 0.3) is 0 Å². The van der Waals surface area contributed by atoms with E-state index < -0.39 is 0 Å². The van der Waals surface area contributed by atoms with E-state index in [1.54, 1.807) is 13.2 Å². The highest BCUT2D eigenvalue weighted by atomic mass is 16.5. The molecule has 2 rings (SSSR count). The Labute approximate surface area is 107 Å². The molecule has 2 aromatic rings. The molecule has 0 aliphatic carbocycles. The molecule has 0 aromatic heterocycles. The van der Waals surface area contributed by atoms with Crippen LogP contribution in [0.3, 0.4) is 0 Å². The summed E-state index contributed by atoms with van der Waals surface area (Å²) in [5.41, 5.74) is 2.49. The number of hydrogen-bond acceptors (Lipinski definition) is 3. The fourth-order valence-corrected chi connectivity index (χ4v) is 1.76. The monoisotopic (exact) mass is 238 g/mol. The molecule has 0 radical (unpaired) electrons. The molecular weight excluding hydrogens is 224 g/mol. The van der Waals surface area contributed by atoms with Crippen LogP contribution in [0.4, 0.5) is 5.69 Å². The summed E-state index contributed by atoms with van der Waals surface area (Å²) in [6.07, 6.45) is 0. The van der Waals surface area contributed by atoms with Crippen molar-refractivity contribution >= 4 is 5.69 Å². The number of para-hydroxylation sites is 1. The van der Waals surface area contributed by atoms with Gasteiger partial charge in [-0.05, 0) is 17.7 Å². The summed E-state index contributed by atoms with van der Waals surface area (Å²) in [4.78, 5) is 0. The van der Waals surface area contributed by atoms with E-state index in [1.165, 1.54) is 0 Å². The minimum Gasteiger partial charge on any atom is -0.495 e. The van der Waals surface area contributed by atoms with E-state index in [4.69, 9.17) is 10.00 Å². The number of nitrogens with zero attached hydrogens (tertiary/aromatic N) is 1. The quantitative estimate of drug-likeness (QED) is 0.889. The lowest BCUT2D eigenvalue weighted by Gasteiger charge is -2.12. The SMILES string of the molecule is COc1cccc(C#N)c1NCc1ccccc1. The van der Waals surface area contributed by atoms with Crippen molar-refractivity contribution in [3.63, 3.8) is 0 Å². The van der Waals surface area contributed by atoms with E-state index >= 15 is 0 Å². The minimum absolute atomic E-state index is 0.588. The first-order valence-corrected chi connectivity index (χ1v) is 5.70. The fourth-order valence-electron chi connectivity index (χ4n) is 1.76. The van der Waals surface area contributed by atoms with Crippen LogP contribution >= 0.6 is 0 Å². The summed E-state index contributed by atoms with van der Waals surface area (Å²) in [5, 5.41) is 12.3. The molecule has 0 fully saturated rings. The van der Waals surface area contributed by atoms with Crippen LogP contribution in [0.15, 0.2) is 48.5 Å². The van der Waals surface area contributed by atoms with Crippen molar-refractivity contribution in [1.82, 2.24) is 0 Å². The number of rotatable bonds is 4. The summed E-state index contributed by atoms with van der Waals surface area (Å²) in [7, 11) is 1.60. The Morgan fingerprint density at radius 3 is 2.56 bits per heavy atom. The van der Waals surface area contributed by atoms with Crippen molar-refractivity contribution in [2.45, 2.75) is 6.54 Å². The van der Waals surface area contributed by atoms with E-state index in [-0.39, 0.29) is 0 Å². The number of ether oxygens (including phenoxy) is 1. The predicted octanol–water partition coefficient (Wildman–Crippen LogP) is 3.18. The molecule has 3 nitrogen and oxygen atoms in total. The van der Waals surface area contributed by atoms with Gasteiger partial charge in [0, 0.05) is 6.54 Å². The number of hydrogen-bond donors (Lipinski definition) is 1. The molecule has 0 amide bonds. The van der Waals surface area contributed by atoms with Crippen LogP contribution in [-0.2, 0) is 6.54 Å². The Kier molecular flexibility index (Phi) is 3.83. The molecule has 0 heterocycles. The van der Waals surface area contributed by atoms with Crippen LogP contribution in [0.5, 0.6) is 5.75 Å². The Bertz CT molecular complexity index is 558. The summed E-state index contributed by atoms with van der Waals surface area (Å²) in [6.45, 7) is 0.663. The third-order valence-electron chi connectivity index (χ3n) is 2.68. The first-order valence-electron chi connectivity index (χ1n) is 5.70. The Morgan fingerprint density at radius 2 is 1.89 bits per heavy atom. The van der Waals surface area contributed by atoms with E-state index in [1.807, 2.05) is 42.5 Å². The van der Waals surface area contributed by atoms with Crippen molar-refractivity contribution in [2.75, 3.05) is 12.4 Å². The van der Waals surface area contributed by atoms with Gasteiger partial charge < -0.3 is 10.1 Å². The smallest absolute Gasteiger partial charge is 0.143 e. The zero-order chi connectivity index (χ0) is 12.8. The van der Waals surface area contributed by atoms with Crippen molar-refractivity contribution < 1.29 is 4.74 Å². The molecule has 0 aliphatic rings. The van der Waals surface area contributed by atoms with Crippen molar-refractivity contribution in [3.05, 3.63) is 59.7 Å². The zero-order valence-electron chi connectivity index (χ0n) is 10.2. The largest absolute Gasteiger partial charge is 0.495 e. The van der Waals surface area contributed by atoms with Crippen molar-refractivity contribution in [3.8, 4) is 11.8 Å². The maximum absolute atomic E-state index is 9.09. The van der Waals surface area contributed by atoms with Crippen molar-refractivity contribution in [1.29, 1.82) is 5.26 Å². The number of benzene rings is 2. The molecule has 90 valence electrons. The van der Waals surface area contributed by atoms with E-state index in [0.29, 0.717) is 17.9 Å².